The number of nitrogens with zero attached hydrogens (tertiary/aromatic N) is 1. The van der Waals surface area contributed by atoms with Crippen molar-refractivity contribution < 1.29 is 4.74 Å². The first-order valence-electron chi connectivity index (χ1n) is 6.64. The van der Waals surface area contributed by atoms with Crippen molar-refractivity contribution in [3.8, 4) is 0 Å². The summed E-state index contributed by atoms with van der Waals surface area (Å²) in [6.07, 6.45) is 3.38. The second-order valence-corrected chi connectivity index (χ2v) is 6.84. The average Bonchev–Trinajstić information content (AvgIpc) is 2.64. The van der Waals surface area contributed by atoms with Crippen molar-refractivity contribution in [2.24, 2.45) is 10.9 Å². The maximum atomic E-state index is 5.42. The Kier molecular flexibility index (Phi) is 4.36. The second kappa shape index (κ2) is 5.61. The molecule has 17 heavy (non-hydrogen) atoms. The van der Waals surface area contributed by atoms with Crippen LogP contribution in [-0.4, -0.2) is 35.7 Å². The SMILES string of the molecule is CC(C)CC1CSC(NC2(C)CCOCC2)=N1. The second-order valence-electron chi connectivity index (χ2n) is 5.83. The summed E-state index contributed by atoms with van der Waals surface area (Å²) in [6.45, 7) is 8.57. The molecule has 3 nitrogen and oxygen atoms in total. The van der Waals surface area contributed by atoms with E-state index in [1.54, 1.807) is 0 Å². The van der Waals surface area contributed by atoms with Gasteiger partial charge >= 0.3 is 0 Å². The first-order chi connectivity index (χ1) is 8.07. The van der Waals surface area contributed by atoms with E-state index in [9.17, 15) is 0 Å². The van der Waals surface area contributed by atoms with Gasteiger partial charge in [0.1, 0.15) is 0 Å². The number of nitrogens with one attached hydrogen (secondary N) is 1. The average molecular weight is 256 g/mol. The summed E-state index contributed by atoms with van der Waals surface area (Å²) in [5.74, 6) is 1.88. The summed E-state index contributed by atoms with van der Waals surface area (Å²) < 4.78 is 5.42. The predicted octanol–water partition coefficient (Wildman–Crippen LogP) is 2.66. The molecule has 1 fully saturated rings. The Balaban J connectivity index is 1.86. The molecule has 2 aliphatic heterocycles. The molecule has 0 saturated carbocycles. The normalized spacial score (nSPS) is 28.2. The lowest BCUT2D eigenvalue weighted by Gasteiger charge is -2.34. The van der Waals surface area contributed by atoms with Crippen LogP contribution in [0.15, 0.2) is 4.99 Å². The van der Waals surface area contributed by atoms with Crippen LogP contribution in [0.1, 0.15) is 40.0 Å². The molecule has 0 radical (unpaired) electrons. The summed E-state index contributed by atoms with van der Waals surface area (Å²) in [4.78, 5) is 4.80. The summed E-state index contributed by atoms with van der Waals surface area (Å²) in [7, 11) is 0. The van der Waals surface area contributed by atoms with Crippen molar-refractivity contribution in [2.45, 2.75) is 51.6 Å². The van der Waals surface area contributed by atoms with Crippen molar-refractivity contribution in [2.75, 3.05) is 19.0 Å². The van der Waals surface area contributed by atoms with Crippen LogP contribution in [0.4, 0.5) is 0 Å². The van der Waals surface area contributed by atoms with Crippen LogP contribution < -0.4 is 5.32 Å². The molecule has 2 heterocycles. The van der Waals surface area contributed by atoms with Gasteiger partial charge in [0, 0.05) is 24.5 Å². The number of ether oxygens (including phenoxy) is 1. The van der Waals surface area contributed by atoms with Gasteiger partial charge in [0.2, 0.25) is 0 Å². The van der Waals surface area contributed by atoms with E-state index in [2.05, 4.69) is 26.1 Å². The molecule has 2 rings (SSSR count). The van der Waals surface area contributed by atoms with Gasteiger partial charge in [-0.1, -0.05) is 25.6 Å². The topological polar surface area (TPSA) is 33.6 Å². The molecule has 1 N–H and O–H groups in total. The third-order valence-electron chi connectivity index (χ3n) is 3.46. The molecular formula is C13H24N2OS. The Morgan fingerprint density at radius 3 is 2.82 bits per heavy atom. The Morgan fingerprint density at radius 1 is 1.47 bits per heavy atom. The zero-order valence-corrected chi connectivity index (χ0v) is 12.0. The van der Waals surface area contributed by atoms with Gasteiger partial charge in [-0.2, -0.15) is 0 Å². The van der Waals surface area contributed by atoms with E-state index < -0.39 is 0 Å². The zero-order chi connectivity index (χ0) is 12.3. The summed E-state index contributed by atoms with van der Waals surface area (Å²) in [6, 6.07) is 0.519. The van der Waals surface area contributed by atoms with E-state index in [1.807, 2.05) is 11.8 Å². The Labute approximate surface area is 109 Å². The van der Waals surface area contributed by atoms with Crippen molar-refractivity contribution >= 4 is 16.9 Å². The number of hydrogen-bond donors (Lipinski definition) is 1. The third kappa shape index (κ3) is 3.88. The van der Waals surface area contributed by atoms with Crippen LogP contribution >= 0.6 is 11.8 Å². The molecule has 0 aromatic heterocycles. The number of hydrogen-bond acceptors (Lipinski definition) is 4. The van der Waals surface area contributed by atoms with Crippen LogP contribution in [-0.2, 0) is 4.74 Å². The summed E-state index contributed by atoms with van der Waals surface area (Å²) in [5, 5.41) is 4.78. The quantitative estimate of drug-likeness (QED) is 0.843. The van der Waals surface area contributed by atoms with Gasteiger partial charge in [-0.15, -0.1) is 0 Å². The highest BCUT2D eigenvalue weighted by Gasteiger charge is 2.30. The lowest BCUT2D eigenvalue weighted by atomic mass is 9.93. The molecule has 1 atom stereocenters. The summed E-state index contributed by atoms with van der Waals surface area (Å²) in [5.41, 5.74) is 0.191. The lowest BCUT2D eigenvalue weighted by Crippen LogP contribution is -2.48. The van der Waals surface area contributed by atoms with Gasteiger partial charge in [-0.05, 0) is 32.1 Å². The van der Waals surface area contributed by atoms with Gasteiger partial charge in [-0.3, -0.25) is 4.99 Å². The number of rotatable bonds is 3. The number of amidine groups is 1. The Bertz CT molecular complexity index is 285. The molecule has 1 saturated heterocycles. The Hall–Kier alpha value is -0.220. The molecule has 0 aromatic rings. The first-order valence-corrected chi connectivity index (χ1v) is 7.62. The first kappa shape index (κ1) is 13.2. The zero-order valence-electron chi connectivity index (χ0n) is 11.2. The molecule has 0 aliphatic carbocycles. The van der Waals surface area contributed by atoms with E-state index in [0.717, 1.165) is 42.9 Å². The van der Waals surface area contributed by atoms with Crippen molar-refractivity contribution in [1.82, 2.24) is 5.32 Å². The van der Waals surface area contributed by atoms with E-state index in [4.69, 9.17) is 9.73 Å². The predicted molar refractivity (Wildman–Crippen MR) is 74.7 cm³/mol. The molecule has 4 heteroatoms. The molecule has 0 aromatic carbocycles. The van der Waals surface area contributed by atoms with Crippen LogP contribution in [0.25, 0.3) is 0 Å². The standard InChI is InChI=1S/C13H24N2OS/c1-10(2)8-11-9-17-12(14-11)15-13(3)4-6-16-7-5-13/h10-11H,4-9H2,1-3H3,(H,14,15). The molecule has 1 unspecified atom stereocenters. The van der Waals surface area contributed by atoms with Crippen molar-refractivity contribution in [1.29, 1.82) is 0 Å². The van der Waals surface area contributed by atoms with E-state index in [0.29, 0.717) is 6.04 Å². The molecular weight excluding hydrogens is 232 g/mol. The van der Waals surface area contributed by atoms with E-state index >= 15 is 0 Å². The minimum absolute atomic E-state index is 0.191. The fourth-order valence-corrected chi connectivity index (χ4v) is 3.46. The maximum absolute atomic E-state index is 5.42. The maximum Gasteiger partial charge on any atom is 0.157 e. The fourth-order valence-electron chi connectivity index (χ4n) is 2.35. The lowest BCUT2D eigenvalue weighted by molar-refractivity contribution is 0.0527. The van der Waals surface area contributed by atoms with Crippen LogP contribution in [0.2, 0.25) is 0 Å². The smallest absolute Gasteiger partial charge is 0.157 e. The van der Waals surface area contributed by atoms with Crippen LogP contribution in [0.5, 0.6) is 0 Å². The van der Waals surface area contributed by atoms with Gasteiger partial charge in [0.25, 0.3) is 0 Å². The highest BCUT2D eigenvalue weighted by atomic mass is 32.2. The Morgan fingerprint density at radius 2 is 2.18 bits per heavy atom. The molecule has 2 aliphatic rings. The minimum atomic E-state index is 0.191. The minimum Gasteiger partial charge on any atom is -0.381 e. The van der Waals surface area contributed by atoms with Gasteiger partial charge in [-0.25, -0.2) is 0 Å². The fraction of sp³-hybridized carbons (Fsp3) is 0.923. The molecule has 0 bridgehead atoms. The molecule has 0 amide bonds. The molecule has 0 spiro atoms. The number of thioether (sulfide) groups is 1. The third-order valence-corrected chi connectivity index (χ3v) is 4.49. The largest absolute Gasteiger partial charge is 0.381 e. The monoisotopic (exact) mass is 256 g/mol. The van der Waals surface area contributed by atoms with Crippen molar-refractivity contribution in [3.63, 3.8) is 0 Å². The highest BCUT2D eigenvalue weighted by molar-refractivity contribution is 8.14. The number of aliphatic imine (C=N–C) groups is 1. The van der Waals surface area contributed by atoms with Gasteiger partial charge in [0.05, 0.1) is 6.04 Å². The van der Waals surface area contributed by atoms with Crippen molar-refractivity contribution in [3.05, 3.63) is 0 Å². The highest BCUT2D eigenvalue weighted by Crippen LogP contribution is 2.26. The summed E-state index contributed by atoms with van der Waals surface area (Å²) >= 11 is 1.88. The van der Waals surface area contributed by atoms with Crippen LogP contribution in [0, 0.1) is 5.92 Å². The molecule has 98 valence electrons. The van der Waals surface area contributed by atoms with Crippen LogP contribution in [0.3, 0.4) is 0 Å². The van der Waals surface area contributed by atoms with E-state index in [-0.39, 0.29) is 5.54 Å². The van der Waals surface area contributed by atoms with Gasteiger partial charge in [0.15, 0.2) is 5.17 Å². The van der Waals surface area contributed by atoms with E-state index in [1.165, 1.54) is 6.42 Å². The van der Waals surface area contributed by atoms with Gasteiger partial charge < -0.3 is 10.1 Å².